The third kappa shape index (κ3) is 4.63. The highest BCUT2D eigenvalue weighted by Crippen LogP contribution is 2.21. The molecule has 3 rings (SSSR count). The number of aromatic nitrogens is 1. The van der Waals surface area contributed by atoms with Crippen molar-refractivity contribution in [3.63, 3.8) is 0 Å². The van der Waals surface area contributed by atoms with Crippen LogP contribution >= 0.6 is 23.2 Å². The molecule has 1 aromatic heterocycles. The summed E-state index contributed by atoms with van der Waals surface area (Å²) in [5.41, 5.74) is 1.51. The molecule has 0 atom stereocenters. The van der Waals surface area contributed by atoms with Gasteiger partial charge in [0.1, 0.15) is 5.82 Å². The molecule has 0 amide bonds. The average molecular weight is 394 g/mol. The minimum Gasteiger partial charge on any atom is -0.354 e. The molecule has 0 aliphatic carbocycles. The fourth-order valence-corrected chi connectivity index (χ4v) is 3.40. The van der Waals surface area contributed by atoms with E-state index in [1.54, 1.807) is 24.3 Å². The minimum atomic E-state index is -3.72. The molecule has 0 spiro atoms. The Morgan fingerprint density at radius 3 is 2.24 bits per heavy atom. The first-order valence-electron chi connectivity index (χ1n) is 7.19. The van der Waals surface area contributed by atoms with Gasteiger partial charge in [0.15, 0.2) is 0 Å². The van der Waals surface area contributed by atoms with Crippen LogP contribution in [0.1, 0.15) is 0 Å². The number of pyridine rings is 1. The molecule has 0 unspecified atom stereocenters. The maximum Gasteiger partial charge on any atom is 0.263 e. The Kier molecular flexibility index (Phi) is 5.13. The Morgan fingerprint density at radius 2 is 1.60 bits per heavy atom. The molecule has 0 aliphatic heterocycles. The van der Waals surface area contributed by atoms with Crippen LogP contribution in [0.2, 0.25) is 10.0 Å². The average Bonchev–Trinajstić information content (AvgIpc) is 2.57. The van der Waals surface area contributed by atoms with Gasteiger partial charge < -0.3 is 5.32 Å². The van der Waals surface area contributed by atoms with Gasteiger partial charge in [0.2, 0.25) is 0 Å². The zero-order valence-electron chi connectivity index (χ0n) is 12.8. The number of halogens is 2. The van der Waals surface area contributed by atoms with Crippen molar-refractivity contribution in [2.75, 3.05) is 10.0 Å². The Balaban J connectivity index is 1.73. The third-order valence-corrected chi connectivity index (χ3v) is 5.10. The summed E-state index contributed by atoms with van der Waals surface area (Å²) >= 11 is 11.7. The predicted octanol–water partition coefficient (Wildman–Crippen LogP) is 4.93. The maximum atomic E-state index is 12.3. The highest BCUT2D eigenvalue weighted by molar-refractivity contribution is 7.92. The van der Waals surface area contributed by atoms with E-state index in [4.69, 9.17) is 23.2 Å². The molecule has 25 heavy (non-hydrogen) atoms. The summed E-state index contributed by atoms with van der Waals surface area (Å²) in [5.74, 6) is 0.214. The predicted molar refractivity (Wildman–Crippen MR) is 101 cm³/mol. The Hall–Kier alpha value is -2.28. The standard InChI is InChI=1S/C17H13Cl2N3O2S/c18-12-4-7-16(8-5-12)25(23,24)22-17-9-6-15(11-20-17)21-14-3-1-2-13(19)10-14/h1-11,21H,(H,20,22). The molecule has 0 bridgehead atoms. The lowest BCUT2D eigenvalue weighted by atomic mass is 10.3. The normalized spacial score (nSPS) is 11.1. The first-order chi connectivity index (χ1) is 11.9. The molecule has 3 aromatic rings. The van der Waals surface area contributed by atoms with E-state index in [2.05, 4.69) is 15.0 Å². The van der Waals surface area contributed by atoms with Gasteiger partial charge in [0, 0.05) is 15.7 Å². The SMILES string of the molecule is O=S(=O)(Nc1ccc(Nc2cccc(Cl)c2)cn1)c1ccc(Cl)cc1. The molecule has 0 aliphatic rings. The second-order valence-corrected chi connectivity index (χ2v) is 7.68. The van der Waals surface area contributed by atoms with Gasteiger partial charge in [-0.1, -0.05) is 29.3 Å². The van der Waals surface area contributed by atoms with Gasteiger partial charge in [0.25, 0.3) is 10.0 Å². The second-order valence-electron chi connectivity index (χ2n) is 5.13. The number of anilines is 3. The smallest absolute Gasteiger partial charge is 0.263 e. The fraction of sp³-hybridized carbons (Fsp3) is 0. The number of hydrogen-bond acceptors (Lipinski definition) is 4. The van der Waals surface area contributed by atoms with Crippen LogP contribution in [0.15, 0.2) is 71.8 Å². The number of nitrogens with zero attached hydrogens (tertiary/aromatic N) is 1. The second kappa shape index (κ2) is 7.31. The van der Waals surface area contributed by atoms with E-state index in [9.17, 15) is 8.42 Å². The van der Waals surface area contributed by atoms with Crippen molar-refractivity contribution in [3.05, 3.63) is 76.9 Å². The van der Waals surface area contributed by atoms with Gasteiger partial charge in [-0.05, 0) is 54.6 Å². The number of nitrogens with one attached hydrogen (secondary N) is 2. The summed E-state index contributed by atoms with van der Waals surface area (Å²) in [4.78, 5) is 4.22. The number of rotatable bonds is 5. The molecule has 0 saturated carbocycles. The van der Waals surface area contributed by atoms with E-state index in [0.717, 1.165) is 5.69 Å². The van der Waals surface area contributed by atoms with Crippen LogP contribution in [0.25, 0.3) is 0 Å². The van der Waals surface area contributed by atoms with Crippen molar-refractivity contribution in [3.8, 4) is 0 Å². The van der Waals surface area contributed by atoms with Crippen LogP contribution in [0.4, 0.5) is 17.2 Å². The Bertz CT molecular complexity index is 976. The number of hydrogen-bond donors (Lipinski definition) is 2. The van der Waals surface area contributed by atoms with E-state index in [1.165, 1.54) is 30.5 Å². The molecule has 0 fully saturated rings. The zero-order chi connectivity index (χ0) is 17.9. The van der Waals surface area contributed by atoms with Crippen molar-refractivity contribution in [1.29, 1.82) is 0 Å². The molecular formula is C17H13Cl2N3O2S. The van der Waals surface area contributed by atoms with Crippen molar-refractivity contribution in [2.45, 2.75) is 4.90 Å². The fourth-order valence-electron chi connectivity index (χ4n) is 2.07. The largest absolute Gasteiger partial charge is 0.354 e. The molecule has 128 valence electrons. The summed E-state index contributed by atoms with van der Waals surface area (Å²) in [5, 5.41) is 4.22. The summed E-state index contributed by atoms with van der Waals surface area (Å²) in [7, 11) is -3.72. The Morgan fingerprint density at radius 1 is 0.840 bits per heavy atom. The van der Waals surface area contributed by atoms with Crippen LogP contribution in [0.5, 0.6) is 0 Å². The third-order valence-electron chi connectivity index (χ3n) is 3.24. The van der Waals surface area contributed by atoms with Gasteiger partial charge in [-0.2, -0.15) is 0 Å². The molecule has 2 aromatic carbocycles. The monoisotopic (exact) mass is 393 g/mol. The van der Waals surface area contributed by atoms with Gasteiger partial charge in [0.05, 0.1) is 16.8 Å². The first-order valence-corrected chi connectivity index (χ1v) is 9.43. The van der Waals surface area contributed by atoms with E-state index < -0.39 is 10.0 Å². The van der Waals surface area contributed by atoms with Gasteiger partial charge >= 0.3 is 0 Å². The van der Waals surface area contributed by atoms with Crippen molar-refractivity contribution in [1.82, 2.24) is 4.98 Å². The van der Waals surface area contributed by atoms with Crippen molar-refractivity contribution in [2.24, 2.45) is 0 Å². The van der Waals surface area contributed by atoms with E-state index >= 15 is 0 Å². The van der Waals surface area contributed by atoms with Gasteiger partial charge in [-0.15, -0.1) is 0 Å². The number of sulfonamides is 1. The number of benzene rings is 2. The van der Waals surface area contributed by atoms with Crippen LogP contribution in [0, 0.1) is 0 Å². The summed E-state index contributed by atoms with van der Waals surface area (Å²) in [6.07, 6.45) is 1.53. The topological polar surface area (TPSA) is 71.1 Å². The first kappa shape index (κ1) is 17.5. The van der Waals surface area contributed by atoms with E-state index in [0.29, 0.717) is 15.7 Å². The lowest BCUT2D eigenvalue weighted by molar-refractivity contribution is 0.601. The van der Waals surface area contributed by atoms with E-state index in [1.807, 2.05) is 12.1 Å². The molecular weight excluding hydrogens is 381 g/mol. The van der Waals surface area contributed by atoms with Crippen LogP contribution in [0.3, 0.4) is 0 Å². The molecule has 0 radical (unpaired) electrons. The highest BCUT2D eigenvalue weighted by Gasteiger charge is 2.14. The Labute approximate surface area is 155 Å². The highest BCUT2D eigenvalue weighted by atomic mass is 35.5. The molecule has 5 nitrogen and oxygen atoms in total. The molecule has 0 saturated heterocycles. The van der Waals surface area contributed by atoms with Crippen molar-refractivity contribution >= 4 is 50.4 Å². The van der Waals surface area contributed by atoms with Crippen molar-refractivity contribution < 1.29 is 8.42 Å². The molecule has 8 heteroatoms. The summed E-state index contributed by atoms with van der Waals surface area (Å²) < 4.78 is 27.0. The lowest BCUT2D eigenvalue weighted by Crippen LogP contribution is -2.13. The molecule has 1 heterocycles. The van der Waals surface area contributed by atoms with Crippen LogP contribution in [-0.4, -0.2) is 13.4 Å². The van der Waals surface area contributed by atoms with Gasteiger partial charge in [-0.3, -0.25) is 4.72 Å². The quantitative estimate of drug-likeness (QED) is 0.644. The summed E-state index contributed by atoms with van der Waals surface area (Å²) in [6, 6.07) is 16.4. The maximum absolute atomic E-state index is 12.3. The lowest BCUT2D eigenvalue weighted by Gasteiger charge is -2.09. The van der Waals surface area contributed by atoms with Crippen LogP contribution in [-0.2, 0) is 10.0 Å². The van der Waals surface area contributed by atoms with Crippen LogP contribution < -0.4 is 10.0 Å². The molecule has 2 N–H and O–H groups in total. The van der Waals surface area contributed by atoms with E-state index in [-0.39, 0.29) is 10.7 Å². The van der Waals surface area contributed by atoms with Gasteiger partial charge in [-0.25, -0.2) is 13.4 Å². The summed E-state index contributed by atoms with van der Waals surface area (Å²) in [6.45, 7) is 0. The zero-order valence-corrected chi connectivity index (χ0v) is 15.1. The minimum absolute atomic E-state index is 0.111.